The van der Waals surface area contributed by atoms with E-state index >= 15 is 0 Å². The Bertz CT molecular complexity index is 662. The van der Waals surface area contributed by atoms with E-state index in [1.165, 1.54) is 18.6 Å². The van der Waals surface area contributed by atoms with E-state index in [1.54, 1.807) is 0 Å². The second-order valence-corrected chi connectivity index (χ2v) is 7.84. The normalized spacial score (nSPS) is 16.1. The topological polar surface area (TPSA) is 107 Å². The minimum atomic E-state index is -3.98. The second-order valence-electron chi connectivity index (χ2n) is 5.06. The lowest BCUT2D eigenvalue weighted by molar-refractivity contribution is -0.118. The van der Waals surface area contributed by atoms with Gasteiger partial charge in [-0.05, 0) is 24.3 Å². The first-order valence-corrected chi connectivity index (χ1v) is 9.16. The summed E-state index contributed by atoms with van der Waals surface area (Å²) >= 11 is 0.991. The van der Waals surface area contributed by atoms with Crippen molar-refractivity contribution in [1.29, 1.82) is 0 Å². The summed E-state index contributed by atoms with van der Waals surface area (Å²) in [7, 11) is -2.79. The van der Waals surface area contributed by atoms with Crippen molar-refractivity contribution in [2.75, 3.05) is 13.7 Å². The highest BCUT2D eigenvalue weighted by Gasteiger charge is 2.37. The molecule has 7 nitrogen and oxygen atoms in total. The Kier molecular flexibility index (Phi) is 5.20. The summed E-state index contributed by atoms with van der Waals surface area (Å²) in [6, 6.07) is 1.10. The van der Waals surface area contributed by atoms with Gasteiger partial charge in [-0.1, -0.05) is 12.8 Å². The Balaban J connectivity index is 2.42. The lowest BCUT2D eigenvalue weighted by Crippen LogP contribution is -2.44. The third-order valence-corrected chi connectivity index (χ3v) is 6.59. The number of methoxy groups -OCH3 is 1. The molecule has 2 N–H and O–H groups in total. The molecule has 2 rings (SSSR count). The second kappa shape index (κ2) is 6.76. The van der Waals surface area contributed by atoms with Gasteiger partial charge in [-0.25, -0.2) is 13.2 Å². The molecule has 0 atom stereocenters. The number of carbonyl (C=O) groups is 2. The fraction of sp³-hybridized carbons (Fsp3) is 0.538. The van der Waals surface area contributed by atoms with E-state index in [1.807, 2.05) is 0 Å². The Morgan fingerprint density at radius 3 is 2.59 bits per heavy atom. The monoisotopic (exact) mass is 346 g/mol. The van der Waals surface area contributed by atoms with E-state index in [-0.39, 0.29) is 22.4 Å². The first kappa shape index (κ1) is 16.9. The quantitative estimate of drug-likeness (QED) is 0.772. The largest absolute Gasteiger partial charge is 0.465 e. The molecule has 0 saturated heterocycles. The molecule has 1 heterocycles. The number of hydrogen-bond acceptors (Lipinski definition) is 6. The summed E-state index contributed by atoms with van der Waals surface area (Å²) in [5.41, 5.74) is 5.20. The van der Waals surface area contributed by atoms with E-state index in [0.717, 1.165) is 28.5 Å². The molecule has 0 radical (unpaired) electrons. The smallest absolute Gasteiger partial charge is 0.349 e. The van der Waals surface area contributed by atoms with Crippen molar-refractivity contribution < 1.29 is 22.7 Å². The number of sulfonamides is 1. The van der Waals surface area contributed by atoms with Gasteiger partial charge >= 0.3 is 5.97 Å². The Morgan fingerprint density at radius 1 is 1.41 bits per heavy atom. The molecule has 0 bridgehead atoms. The Hall–Kier alpha value is -1.45. The average Bonchev–Trinajstić information content (AvgIpc) is 3.14. The van der Waals surface area contributed by atoms with E-state index in [0.29, 0.717) is 12.8 Å². The molecular formula is C13H18N2O5S2. The number of nitrogens with zero attached hydrogens (tertiary/aromatic N) is 1. The van der Waals surface area contributed by atoms with Gasteiger partial charge in [0, 0.05) is 6.04 Å². The molecule has 122 valence electrons. The van der Waals surface area contributed by atoms with Crippen LogP contribution in [-0.2, 0) is 19.6 Å². The number of esters is 1. The maximum Gasteiger partial charge on any atom is 0.349 e. The Morgan fingerprint density at radius 2 is 2.05 bits per heavy atom. The maximum atomic E-state index is 12.9. The molecule has 0 unspecified atom stereocenters. The molecule has 1 saturated carbocycles. The third kappa shape index (κ3) is 3.31. The summed E-state index contributed by atoms with van der Waals surface area (Å²) in [6.45, 7) is -0.385. The molecule has 9 heteroatoms. The van der Waals surface area contributed by atoms with Gasteiger partial charge in [0.1, 0.15) is 9.77 Å². The first-order chi connectivity index (χ1) is 10.4. The molecule has 0 aliphatic heterocycles. The summed E-state index contributed by atoms with van der Waals surface area (Å²) in [5.74, 6) is -1.43. The highest BCUT2D eigenvalue weighted by atomic mass is 32.2. The van der Waals surface area contributed by atoms with E-state index in [2.05, 4.69) is 4.74 Å². The van der Waals surface area contributed by atoms with Gasteiger partial charge in [0.05, 0.1) is 13.7 Å². The average molecular weight is 346 g/mol. The first-order valence-electron chi connectivity index (χ1n) is 6.84. The number of rotatable bonds is 6. The third-order valence-electron chi connectivity index (χ3n) is 3.63. The fourth-order valence-electron chi connectivity index (χ4n) is 2.62. The van der Waals surface area contributed by atoms with Crippen LogP contribution in [0.4, 0.5) is 0 Å². The van der Waals surface area contributed by atoms with Crippen LogP contribution in [0.1, 0.15) is 35.4 Å². The molecule has 1 amide bonds. The highest BCUT2D eigenvalue weighted by Crippen LogP contribution is 2.31. The minimum Gasteiger partial charge on any atom is -0.465 e. The number of primary amides is 1. The van der Waals surface area contributed by atoms with Gasteiger partial charge in [0.25, 0.3) is 0 Å². The zero-order chi connectivity index (χ0) is 16.3. The van der Waals surface area contributed by atoms with Crippen LogP contribution in [0.3, 0.4) is 0 Å². The maximum absolute atomic E-state index is 12.9. The highest BCUT2D eigenvalue weighted by molar-refractivity contribution is 7.89. The van der Waals surface area contributed by atoms with Crippen LogP contribution >= 0.6 is 11.3 Å². The standard InChI is InChI=1S/C13H18N2O5S2/c1-20-13(17)12-10(6-7-21-12)22(18,19)15(8-11(14)16)9-4-2-3-5-9/h6-7,9H,2-5,8H2,1H3,(H2,14,16). The number of carbonyl (C=O) groups excluding carboxylic acids is 2. The zero-order valence-corrected chi connectivity index (χ0v) is 13.8. The van der Waals surface area contributed by atoms with Crippen molar-refractivity contribution in [3.05, 3.63) is 16.3 Å². The number of nitrogens with two attached hydrogens (primary N) is 1. The zero-order valence-electron chi connectivity index (χ0n) is 12.1. The molecule has 1 aromatic heterocycles. The molecule has 0 spiro atoms. The molecule has 22 heavy (non-hydrogen) atoms. The van der Waals surface area contributed by atoms with Crippen LogP contribution in [0, 0.1) is 0 Å². The van der Waals surface area contributed by atoms with Crippen LogP contribution in [0.25, 0.3) is 0 Å². The van der Waals surface area contributed by atoms with Crippen LogP contribution < -0.4 is 5.73 Å². The van der Waals surface area contributed by atoms with Crippen molar-refractivity contribution in [3.63, 3.8) is 0 Å². The SMILES string of the molecule is COC(=O)c1sccc1S(=O)(=O)N(CC(N)=O)C1CCCC1. The molecule has 1 fully saturated rings. The van der Waals surface area contributed by atoms with Crippen LogP contribution in [0.15, 0.2) is 16.3 Å². The molecule has 1 aromatic rings. The molecular weight excluding hydrogens is 328 g/mol. The van der Waals surface area contributed by atoms with Crippen molar-refractivity contribution >= 4 is 33.2 Å². The summed E-state index contributed by atoms with van der Waals surface area (Å²) in [4.78, 5) is 22.9. The van der Waals surface area contributed by atoms with Crippen molar-refractivity contribution in [3.8, 4) is 0 Å². The number of hydrogen-bond donors (Lipinski definition) is 1. The number of ether oxygens (including phenoxy) is 1. The van der Waals surface area contributed by atoms with Gasteiger partial charge < -0.3 is 10.5 Å². The minimum absolute atomic E-state index is 0.00923. The predicted octanol–water partition coefficient (Wildman–Crippen LogP) is 0.953. The molecule has 1 aliphatic carbocycles. The molecule has 1 aliphatic rings. The van der Waals surface area contributed by atoms with Crippen molar-refractivity contribution in [1.82, 2.24) is 4.31 Å². The van der Waals surface area contributed by atoms with Gasteiger partial charge in [-0.2, -0.15) is 4.31 Å². The van der Waals surface area contributed by atoms with Gasteiger partial charge in [0.15, 0.2) is 0 Å². The van der Waals surface area contributed by atoms with E-state index in [4.69, 9.17) is 5.73 Å². The van der Waals surface area contributed by atoms with Crippen LogP contribution in [0.5, 0.6) is 0 Å². The van der Waals surface area contributed by atoms with Gasteiger partial charge in [-0.3, -0.25) is 4.79 Å². The number of thiophene rings is 1. The van der Waals surface area contributed by atoms with Crippen molar-refractivity contribution in [2.24, 2.45) is 5.73 Å². The predicted molar refractivity (Wildman–Crippen MR) is 81.0 cm³/mol. The lowest BCUT2D eigenvalue weighted by atomic mass is 10.2. The number of amides is 1. The summed E-state index contributed by atoms with van der Waals surface area (Å²) < 4.78 is 31.5. The summed E-state index contributed by atoms with van der Waals surface area (Å²) in [5, 5.41) is 1.51. The van der Waals surface area contributed by atoms with Gasteiger partial charge in [-0.15, -0.1) is 11.3 Å². The lowest BCUT2D eigenvalue weighted by Gasteiger charge is -2.26. The van der Waals surface area contributed by atoms with E-state index in [9.17, 15) is 18.0 Å². The summed E-state index contributed by atoms with van der Waals surface area (Å²) in [6.07, 6.45) is 3.18. The van der Waals surface area contributed by atoms with Crippen LogP contribution in [-0.4, -0.2) is 44.3 Å². The van der Waals surface area contributed by atoms with Crippen LogP contribution in [0.2, 0.25) is 0 Å². The van der Waals surface area contributed by atoms with Gasteiger partial charge in [0.2, 0.25) is 15.9 Å². The Labute approximate surface area is 133 Å². The van der Waals surface area contributed by atoms with Crippen molar-refractivity contribution in [2.45, 2.75) is 36.6 Å². The van der Waals surface area contributed by atoms with E-state index < -0.39 is 21.9 Å². The fourth-order valence-corrected chi connectivity index (χ4v) is 5.59. The molecule has 0 aromatic carbocycles.